The SMILES string of the molecule is CC(OCC1CC1)C(=O)Nc1ccc(C(=O)NCc2ccccc2)cc1. The first-order valence-electron chi connectivity index (χ1n) is 8.96. The number of rotatable bonds is 8. The zero-order valence-electron chi connectivity index (χ0n) is 14.9. The average Bonchev–Trinajstić information content (AvgIpc) is 3.50. The molecule has 1 fully saturated rings. The van der Waals surface area contributed by atoms with Crippen molar-refractivity contribution in [2.45, 2.75) is 32.4 Å². The van der Waals surface area contributed by atoms with E-state index < -0.39 is 6.10 Å². The topological polar surface area (TPSA) is 67.4 Å². The van der Waals surface area contributed by atoms with E-state index in [1.54, 1.807) is 31.2 Å². The van der Waals surface area contributed by atoms with Crippen LogP contribution in [0, 0.1) is 5.92 Å². The van der Waals surface area contributed by atoms with Crippen molar-refractivity contribution in [1.29, 1.82) is 0 Å². The van der Waals surface area contributed by atoms with Crippen LogP contribution in [0.3, 0.4) is 0 Å². The van der Waals surface area contributed by atoms with Crippen LogP contribution in [0.4, 0.5) is 5.69 Å². The van der Waals surface area contributed by atoms with Gasteiger partial charge in [0.2, 0.25) is 0 Å². The molecule has 2 aromatic carbocycles. The number of hydrogen-bond donors (Lipinski definition) is 2. The molecule has 1 unspecified atom stereocenters. The molecule has 136 valence electrons. The molecule has 5 heteroatoms. The van der Waals surface area contributed by atoms with Crippen LogP contribution >= 0.6 is 0 Å². The number of amides is 2. The third-order valence-electron chi connectivity index (χ3n) is 4.36. The summed E-state index contributed by atoms with van der Waals surface area (Å²) < 4.78 is 5.56. The quantitative estimate of drug-likeness (QED) is 0.765. The van der Waals surface area contributed by atoms with Gasteiger partial charge in [-0.1, -0.05) is 30.3 Å². The van der Waals surface area contributed by atoms with E-state index in [-0.39, 0.29) is 11.8 Å². The first-order chi connectivity index (χ1) is 12.6. The molecular weight excluding hydrogens is 328 g/mol. The van der Waals surface area contributed by atoms with Gasteiger partial charge in [-0.25, -0.2) is 0 Å². The average molecular weight is 352 g/mol. The van der Waals surface area contributed by atoms with Crippen LogP contribution in [0.5, 0.6) is 0 Å². The highest BCUT2D eigenvalue weighted by molar-refractivity contribution is 5.96. The van der Waals surface area contributed by atoms with Gasteiger partial charge < -0.3 is 15.4 Å². The van der Waals surface area contributed by atoms with E-state index in [4.69, 9.17) is 4.74 Å². The Hall–Kier alpha value is -2.66. The number of benzene rings is 2. The lowest BCUT2D eigenvalue weighted by Gasteiger charge is -2.13. The smallest absolute Gasteiger partial charge is 0.253 e. The minimum Gasteiger partial charge on any atom is -0.368 e. The molecule has 0 aliphatic heterocycles. The molecule has 0 heterocycles. The fourth-order valence-electron chi connectivity index (χ4n) is 2.47. The monoisotopic (exact) mass is 352 g/mol. The van der Waals surface area contributed by atoms with E-state index in [1.807, 2.05) is 30.3 Å². The molecule has 0 radical (unpaired) electrons. The highest BCUT2D eigenvalue weighted by Gasteiger charge is 2.24. The summed E-state index contributed by atoms with van der Waals surface area (Å²) in [5.74, 6) is 0.304. The van der Waals surface area contributed by atoms with Gasteiger partial charge in [0.05, 0.1) is 6.61 Å². The second-order valence-electron chi connectivity index (χ2n) is 6.65. The van der Waals surface area contributed by atoms with Crippen molar-refractivity contribution in [1.82, 2.24) is 5.32 Å². The molecule has 2 aromatic rings. The molecule has 1 atom stereocenters. The summed E-state index contributed by atoms with van der Waals surface area (Å²) in [5, 5.41) is 5.69. The fourth-order valence-corrected chi connectivity index (χ4v) is 2.47. The Morgan fingerprint density at radius 3 is 2.42 bits per heavy atom. The van der Waals surface area contributed by atoms with E-state index in [0.29, 0.717) is 30.3 Å². The van der Waals surface area contributed by atoms with Gasteiger partial charge >= 0.3 is 0 Å². The van der Waals surface area contributed by atoms with Gasteiger partial charge in [-0.05, 0) is 55.5 Å². The van der Waals surface area contributed by atoms with Crippen LogP contribution in [0.2, 0.25) is 0 Å². The number of carbonyl (C=O) groups excluding carboxylic acids is 2. The number of carbonyl (C=O) groups is 2. The van der Waals surface area contributed by atoms with Gasteiger partial charge in [0.25, 0.3) is 11.8 Å². The summed E-state index contributed by atoms with van der Waals surface area (Å²) in [6.45, 7) is 2.88. The molecule has 1 aliphatic rings. The Balaban J connectivity index is 1.47. The minimum absolute atomic E-state index is 0.145. The van der Waals surface area contributed by atoms with Crippen molar-refractivity contribution in [3.05, 3.63) is 65.7 Å². The summed E-state index contributed by atoms with van der Waals surface area (Å²) in [6, 6.07) is 16.6. The second-order valence-corrected chi connectivity index (χ2v) is 6.65. The summed E-state index contributed by atoms with van der Waals surface area (Å²) in [4.78, 5) is 24.3. The first kappa shape index (κ1) is 18.1. The molecule has 2 amide bonds. The normalized spacial score (nSPS) is 14.5. The fraction of sp³-hybridized carbons (Fsp3) is 0.333. The van der Waals surface area contributed by atoms with Crippen LogP contribution in [0.25, 0.3) is 0 Å². The zero-order valence-corrected chi connectivity index (χ0v) is 14.9. The molecule has 5 nitrogen and oxygen atoms in total. The Bertz CT molecular complexity index is 740. The van der Waals surface area contributed by atoms with Crippen molar-refractivity contribution in [2.24, 2.45) is 5.92 Å². The van der Waals surface area contributed by atoms with Crippen LogP contribution in [0.15, 0.2) is 54.6 Å². The van der Waals surface area contributed by atoms with Crippen LogP contribution < -0.4 is 10.6 Å². The third-order valence-corrected chi connectivity index (χ3v) is 4.36. The second kappa shape index (κ2) is 8.63. The Kier molecular flexibility index (Phi) is 6.02. The van der Waals surface area contributed by atoms with Crippen LogP contribution in [0.1, 0.15) is 35.7 Å². The number of nitrogens with one attached hydrogen (secondary N) is 2. The van der Waals surface area contributed by atoms with Crippen molar-refractivity contribution in [3.8, 4) is 0 Å². The van der Waals surface area contributed by atoms with E-state index in [9.17, 15) is 9.59 Å². The third kappa shape index (κ3) is 5.43. The summed E-state index contributed by atoms with van der Waals surface area (Å²) in [5.41, 5.74) is 2.25. The molecule has 0 spiro atoms. The van der Waals surface area contributed by atoms with Gasteiger partial charge in [0.15, 0.2) is 0 Å². The summed E-state index contributed by atoms with van der Waals surface area (Å²) >= 11 is 0. The lowest BCUT2D eigenvalue weighted by Crippen LogP contribution is -2.28. The maximum Gasteiger partial charge on any atom is 0.253 e. The van der Waals surface area contributed by atoms with E-state index in [1.165, 1.54) is 12.8 Å². The van der Waals surface area contributed by atoms with Gasteiger partial charge in [-0.2, -0.15) is 0 Å². The van der Waals surface area contributed by atoms with Crippen LogP contribution in [-0.4, -0.2) is 24.5 Å². The number of ether oxygens (including phenoxy) is 1. The molecule has 1 saturated carbocycles. The number of hydrogen-bond acceptors (Lipinski definition) is 3. The van der Waals surface area contributed by atoms with Crippen molar-refractivity contribution in [3.63, 3.8) is 0 Å². The van der Waals surface area contributed by atoms with Crippen molar-refractivity contribution >= 4 is 17.5 Å². The zero-order chi connectivity index (χ0) is 18.4. The highest BCUT2D eigenvalue weighted by atomic mass is 16.5. The van der Waals surface area contributed by atoms with Crippen molar-refractivity contribution < 1.29 is 14.3 Å². The Labute approximate surface area is 153 Å². The predicted molar refractivity (Wildman–Crippen MR) is 101 cm³/mol. The molecule has 0 saturated heterocycles. The standard InChI is InChI=1S/C21H24N2O3/c1-15(26-14-17-7-8-17)20(24)23-19-11-9-18(10-12-19)21(25)22-13-16-5-3-2-4-6-16/h2-6,9-12,15,17H,7-8,13-14H2,1H3,(H,22,25)(H,23,24). The van der Waals surface area contributed by atoms with E-state index in [2.05, 4.69) is 10.6 Å². The molecule has 26 heavy (non-hydrogen) atoms. The predicted octanol–water partition coefficient (Wildman–Crippen LogP) is 3.37. The number of anilines is 1. The first-order valence-corrected chi connectivity index (χ1v) is 8.96. The minimum atomic E-state index is -0.482. The lowest BCUT2D eigenvalue weighted by atomic mass is 10.1. The Morgan fingerprint density at radius 2 is 1.77 bits per heavy atom. The lowest BCUT2D eigenvalue weighted by molar-refractivity contribution is -0.126. The maximum absolute atomic E-state index is 12.2. The van der Waals surface area contributed by atoms with Crippen molar-refractivity contribution in [2.75, 3.05) is 11.9 Å². The van der Waals surface area contributed by atoms with Gasteiger partial charge in [-0.3, -0.25) is 9.59 Å². The molecule has 0 aromatic heterocycles. The van der Waals surface area contributed by atoms with E-state index in [0.717, 1.165) is 5.56 Å². The molecule has 0 bridgehead atoms. The van der Waals surface area contributed by atoms with Crippen LogP contribution in [-0.2, 0) is 16.1 Å². The molecule has 2 N–H and O–H groups in total. The van der Waals surface area contributed by atoms with Gasteiger partial charge in [-0.15, -0.1) is 0 Å². The van der Waals surface area contributed by atoms with Gasteiger partial charge in [0, 0.05) is 17.8 Å². The van der Waals surface area contributed by atoms with Gasteiger partial charge in [0.1, 0.15) is 6.10 Å². The highest BCUT2D eigenvalue weighted by Crippen LogP contribution is 2.29. The molecular formula is C21H24N2O3. The van der Waals surface area contributed by atoms with E-state index >= 15 is 0 Å². The largest absolute Gasteiger partial charge is 0.368 e. The summed E-state index contributed by atoms with van der Waals surface area (Å²) in [7, 11) is 0. The summed E-state index contributed by atoms with van der Waals surface area (Å²) in [6.07, 6.45) is 1.91. The maximum atomic E-state index is 12.2. The molecule has 3 rings (SSSR count). The Morgan fingerprint density at radius 1 is 1.08 bits per heavy atom. The molecule has 1 aliphatic carbocycles.